The van der Waals surface area contributed by atoms with E-state index in [2.05, 4.69) is 83.2 Å². The van der Waals surface area contributed by atoms with Gasteiger partial charge in [-0.3, -0.25) is 9.50 Å². The molecule has 0 bridgehead atoms. The Hall–Kier alpha value is -3.43. The lowest BCUT2D eigenvalue weighted by molar-refractivity contribution is 0.312. The van der Waals surface area contributed by atoms with Crippen LogP contribution in [0.5, 0.6) is 0 Å². The van der Waals surface area contributed by atoms with Crippen molar-refractivity contribution >= 4 is 49.8 Å². The number of halogens is 1. The highest BCUT2D eigenvalue weighted by Crippen LogP contribution is 2.34. The molecule has 4 heterocycles. The van der Waals surface area contributed by atoms with Crippen LogP contribution in [0.2, 0.25) is 0 Å². The molecule has 0 amide bonds. The number of piperazine rings is 1. The Kier molecular flexibility index (Phi) is 5.23. The van der Waals surface area contributed by atoms with Gasteiger partial charge in [-0.1, -0.05) is 22.0 Å². The molecule has 2 N–H and O–H groups in total. The quantitative estimate of drug-likeness (QED) is 0.356. The van der Waals surface area contributed by atoms with Gasteiger partial charge in [0.15, 0.2) is 5.65 Å². The Bertz CT molecular complexity index is 1480. The maximum absolute atomic E-state index is 4.99. The van der Waals surface area contributed by atoms with Gasteiger partial charge in [-0.15, -0.1) is 0 Å². The summed E-state index contributed by atoms with van der Waals surface area (Å²) < 4.78 is 3.16. The number of aromatic nitrogens is 5. The summed E-state index contributed by atoms with van der Waals surface area (Å²) in [6, 6.07) is 14.4. The number of aryl methyl sites for hydroxylation is 1. The lowest BCUT2D eigenvalue weighted by atomic mass is 10.1. The van der Waals surface area contributed by atoms with E-state index in [0.717, 1.165) is 81.5 Å². The predicted octanol–water partition coefficient (Wildman–Crippen LogP) is 4.84. The zero-order chi connectivity index (χ0) is 23.2. The number of rotatable bonds is 4. The molecule has 1 fully saturated rings. The van der Waals surface area contributed by atoms with Crippen molar-refractivity contribution in [3.05, 3.63) is 65.0 Å². The highest BCUT2D eigenvalue weighted by Gasteiger charge is 2.20. The molecule has 0 unspecified atom stereocenters. The van der Waals surface area contributed by atoms with Gasteiger partial charge in [0.05, 0.1) is 17.9 Å². The van der Waals surface area contributed by atoms with E-state index in [-0.39, 0.29) is 0 Å². The van der Waals surface area contributed by atoms with Crippen molar-refractivity contribution < 1.29 is 0 Å². The maximum atomic E-state index is 4.99. The van der Waals surface area contributed by atoms with E-state index < -0.39 is 0 Å². The summed E-state index contributed by atoms with van der Waals surface area (Å²) in [6.07, 6.45) is 3.96. The summed E-state index contributed by atoms with van der Waals surface area (Å²) in [4.78, 5) is 14.4. The van der Waals surface area contributed by atoms with Crippen LogP contribution in [0.1, 0.15) is 5.69 Å². The van der Waals surface area contributed by atoms with E-state index in [1.165, 1.54) is 0 Å². The SMILES string of the molecule is Cc1[nH]nc2ccc(-c3nc4cnc(N5CCN(C)CC5)cn4c3Nc3ccc(Br)cc3)cc12. The zero-order valence-electron chi connectivity index (χ0n) is 19.1. The van der Waals surface area contributed by atoms with Crippen molar-refractivity contribution in [1.82, 2.24) is 29.5 Å². The van der Waals surface area contributed by atoms with Crippen LogP contribution in [-0.4, -0.2) is 62.7 Å². The average Bonchev–Trinajstić information content (AvgIpc) is 3.41. The molecule has 3 aromatic heterocycles. The van der Waals surface area contributed by atoms with Crippen molar-refractivity contribution in [2.45, 2.75) is 6.92 Å². The standard InChI is InChI=1S/C25H25BrN8/c1-16-20-13-17(3-8-21(20)31-30-16)24-25(28-19-6-4-18(26)5-7-19)34-15-23(27-14-22(34)29-24)33-11-9-32(2)10-12-33/h3-8,13-15,28H,9-12H2,1-2H3,(H,30,31). The van der Waals surface area contributed by atoms with Crippen LogP contribution in [0.4, 0.5) is 17.3 Å². The molecule has 0 atom stereocenters. The first-order chi connectivity index (χ1) is 16.5. The number of likely N-dealkylation sites (N-methyl/N-ethyl adjacent to an activating group) is 1. The number of aromatic amines is 1. The second kappa shape index (κ2) is 8.41. The minimum atomic E-state index is 0.802. The van der Waals surface area contributed by atoms with Crippen LogP contribution < -0.4 is 10.2 Å². The van der Waals surface area contributed by atoms with Crippen LogP contribution in [0.25, 0.3) is 27.8 Å². The Morgan fingerprint density at radius 3 is 2.62 bits per heavy atom. The molecule has 1 aliphatic heterocycles. The first-order valence-corrected chi connectivity index (χ1v) is 12.1. The summed E-state index contributed by atoms with van der Waals surface area (Å²) in [7, 11) is 2.16. The number of fused-ring (bicyclic) bond motifs is 2. The minimum absolute atomic E-state index is 0.802. The third-order valence-electron chi connectivity index (χ3n) is 6.45. The van der Waals surface area contributed by atoms with Crippen molar-refractivity contribution in [2.75, 3.05) is 43.4 Å². The molecule has 5 aromatic rings. The third kappa shape index (κ3) is 3.80. The maximum Gasteiger partial charge on any atom is 0.157 e. The zero-order valence-corrected chi connectivity index (χ0v) is 20.7. The van der Waals surface area contributed by atoms with E-state index in [4.69, 9.17) is 9.97 Å². The molecule has 0 spiro atoms. The van der Waals surface area contributed by atoms with Crippen LogP contribution in [0.15, 0.2) is 59.3 Å². The Morgan fingerprint density at radius 2 is 1.82 bits per heavy atom. The number of benzene rings is 2. The Balaban J connectivity index is 1.49. The highest BCUT2D eigenvalue weighted by molar-refractivity contribution is 9.10. The van der Waals surface area contributed by atoms with Crippen LogP contribution >= 0.6 is 15.9 Å². The van der Waals surface area contributed by atoms with Crippen molar-refractivity contribution in [1.29, 1.82) is 0 Å². The highest BCUT2D eigenvalue weighted by atomic mass is 79.9. The van der Waals surface area contributed by atoms with Gasteiger partial charge in [-0.05, 0) is 50.4 Å². The third-order valence-corrected chi connectivity index (χ3v) is 6.98. The average molecular weight is 517 g/mol. The molecule has 0 radical (unpaired) electrons. The number of hydrogen-bond acceptors (Lipinski definition) is 6. The number of H-pyrrole nitrogens is 1. The van der Waals surface area contributed by atoms with Crippen LogP contribution in [0, 0.1) is 6.92 Å². The first kappa shape index (κ1) is 21.1. The van der Waals surface area contributed by atoms with E-state index in [1.807, 2.05) is 31.3 Å². The Morgan fingerprint density at radius 1 is 1.03 bits per heavy atom. The summed E-state index contributed by atoms with van der Waals surface area (Å²) in [5, 5.41) is 12.2. The van der Waals surface area contributed by atoms with Gasteiger partial charge in [0, 0.05) is 53.0 Å². The Labute approximate surface area is 205 Å². The molecule has 8 nitrogen and oxygen atoms in total. The summed E-state index contributed by atoms with van der Waals surface area (Å²) in [5.74, 6) is 1.88. The molecule has 34 heavy (non-hydrogen) atoms. The van der Waals surface area contributed by atoms with Gasteiger partial charge in [0.25, 0.3) is 0 Å². The van der Waals surface area contributed by atoms with Gasteiger partial charge < -0.3 is 15.1 Å². The summed E-state index contributed by atoms with van der Waals surface area (Å²) in [6.45, 7) is 6.02. The van der Waals surface area contributed by atoms with E-state index in [1.54, 1.807) is 0 Å². The van der Waals surface area contributed by atoms with Gasteiger partial charge >= 0.3 is 0 Å². The molecule has 1 aliphatic rings. The van der Waals surface area contributed by atoms with Gasteiger partial charge in [0.1, 0.15) is 17.3 Å². The van der Waals surface area contributed by atoms with Crippen LogP contribution in [0.3, 0.4) is 0 Å². The number of hydrogen-bond donors (Lipinski definition) is 2. The van der Waals surface area contributed by atoms with Gasteiger partial charge in [-0.25, -0.2) is 9.97 Å². The summed E-state index contributed by atoms with van der Waals surface area (Å²) >= 11 is 3.53. The molecule has 6 rings (SSSR count). The fourth-order valence-electron chi connectivity index (χ4n) is 4.42. The lowest BCUT2D eigenvalue weighted by Crippen LogP contribution is -2.44. The number of nitrogens with zero attached hydrogens (tertiary/aromatic N) is 6. The largest absolute Gasteiger partial charge is 0.353 e. The normalized spacial score (nSPS) is 14.9. The molecular weight excluding hydrogens is 492 g/mol. The van der Waals surface area contributed by atoms with E-state index in [9.17, 15) is 0 Å². The fraction of sp³-hybridized carbons (Fsp3) is 0.240. The first-order valence-electron chi connectivity index (χ1n) is 11.3. The molecule has 0 saturated carbocycles. The molecular formula is C25H25BrN8. The molecule has 2 aromatic carbocycles. The number of nitrogens with one attached hydrogen (secondary N) is 2. The second-order valence-electron chi connectivity index (χ2n) is 8.79. The topological polar surface area (TPSA) is 77.4 Å². The molecule has 9 heteroatoms. The molecule has 172 valence electrons. The molecule has 1 saturated heterocycles. The number of anilines is 3. The monoisotopic (exact) mass is 516 g/mol. The predicted molar refractivity (Wildman–Crippen MR) is 140 cm³/mol. The molecule has 0 aliphatic carbocycles. The van der Waals surface area contributed by atoms with Gasteiger partial charge in [0.2, 0.25) is 0 Å². The van der Waals surface area contributed by atoms with Crippen molar-refractivity contribution in [3.8, 4) is 11.3 Å². The smallest absolute Gasteiger partial charge is 0.157 e. The minimum Gasteiger partial charge on any atom is -0.353 e. The van der Waals surface area contributed by atoms with Crippen LogP contribution in [-0.2, 0) is 0 Å². The summed E-state index contributed by atoms with van der Waals surface area (Å²) in [5.41, 5.74) is 5.69. The number of imidazole rings is 1. The van der Waals surface area contributed by atoms with Crippen molar-refractivity contribution in [2.24, 2.45) is 0 Å². The fourth-order valence-corrected chi connectivity index (χ4v) is 4.68. The van der Waals surface area contributed by atoms with E-state index in [0.29, 0.717) is 0 Å². The van der Waals surface area contributed by atoms with E-state index >= 15 is 0 Å². The second-order valence-corrected chi connectivity index (χ2v) is 9.70. The lowest BCUT2D eigenvalue weighted by Gasteiger charge is -2.33. The van der Waals surface area contributed by atoms with Crippen molar-refractivity contribution in [3.63, 3.8) is 0 Å². The van der Waals surface area contributed by atoms with Gasteiger partial charge in [-0.2, -0.15) is 5.10 Å².